The van der Waals surface area contributed by atoms with E-state index in [1.807, 2.05) is 24.3 Å². The summed E-state index contributed by atoms with van der Waals surface area (Å²) in [5.74, 6) is -2.99. The van der Waals surface area contributed by atoms with E-state index in [4.69, 9.17) is 0 Å². The highest BCUT2D eigenvalue weighted by Crippen LogP contribution is 2.34. The Morgan fingerprint density at radius 1 is 1.22 bits per heavy atom. The molecule has 1 aromatic heterocycles. The molecule has 1 saturated carbocycles. The van der Waals surface area contributed by atoms with Gasteiger partial charge in [0.1, 0.15) is 6.04 Å². The zero-order valence-electron chi connectivity index (χ0n) is 19.0. The third-order valence-corrected chi connectivity index (χ3v) is 6.11. The fraction of sp³-hybridized carbons (Fsp3) is 0.480. The standard InChI is InChI=1S/C25H30F2N4O/c1-24(2,3)18-5-7-20(8-6-18)31(4)22(21-16-29-14-11-17(21)15-28)23(32)30-19-9-12-25(26,27)13-10-19/h5-8,11,14,16,19,22H,9-10,12-13H2,1-4H3,(H,30,32). The Hall–Kier alpha value is -3.01. The van der Waals surface area contributed by atoms with Gasteiger partial charge in [0, 0.05) is 49.6 Å². The lowest BCUT2D eigenvalue weighted by atomic mass is 9.87. The van der Waals surface area contributed by atoms with Crippen LogP contribution in [0.2, 0.25) is 0 Å². The van der Waals surface area contributed by atoms with Crippen LogP contribution in [0.4, 0.5) is 14.5 Å². The zero-order chi connectivity index (χ0) is 23.5. The number of nitrogens with zero attached hydrogens (tertiary/aromatic N) is 3. The molecule has 0 radical (unpaired) electrons. The van der Waals surface area contributed by atoms with Crippen molar-refractivity contribution in [2.45, 2.75) is 69.9 Å². The summed E-state index contributed by atoms with van der Waals surface area (Å²) in [6.45, 7) is 6.39. The Morgan fingerprint density at radius 2 is 1.84 bits per heavy atom. The Balaban J connectivity index is 1.90. The number of hydrogen-bond donors (Lipinski definition) is 1. The van der Waals surface area contributed by atoms with Gasteiger partial charge in [0.15, 0.2) is 0 Å². The number of alkyl halides is 2. The minimum atomic E-state index is -2.66. The van der Waals surface area contributed by atoms with Crippen LogP contribution >= 0.6 is 0 Å². The molecular formula is C25H30F2N4O. The van der Waals surface area contributed by atoms with Crippen LogP contribution < -0.4 is 10.2 Å². The van der Waals surface area contributed by atoms with Gasteiger partial charge in [-0.2, -0.15) is 5.26 Å². The third kappa shape index (κ3) is 5.42. The zero-order valence-corrected chi connectivity index (χ0v) is 19.0. The molecule has 2 aromatic rings. The second kappa shape index (κ2) is 9.23. The minimum absolute atomic E-state index is 0.00570. The van der Waals surface area contributed by atoms with Crippen LogP contribution in [0.3, 0.4) is 0 Å². The third-order valence-electron chi connectivity index (χ3n) is 6.11. The maximum absolute atomic E-state index is 13.5. The van der Waals surface area contributed by atoms with Crippen LogP contribution in [0, 0.1) is 11.3 Å². The van der Waals surface area contributed by atoms with E-state index in [9.17, 15) is 18.8 Å². The van der Waals surface area contributed by atoms with Crippen LogP contribution in [-0.2, 0) is 10.2 Å². The monoisotopic (exact) mass is 440 g/mol. The summed E-state index contributed by atoms with van der Waals surface area (Å²) in [4.78, 5) is 19.3. The van der Waals surface area contributed by atoms with E-state index in [1.165, 1.54) is 12.4 Å². The van der Waals surface area contributed by atoms with Crippen molar-refractivity contribution in [3.63, 3.8) is 0 Å². The number of nitrogens with one attached hydrogen (secondary N) is 1. The van der Waals surface area contributed by atoms with Crippen molar-refractivity contribution in [2.75, 3.05) is 11.9 Å². The molecule has 5 nitrogen and oxygen atoms in total. The number of nitriles is 1. The van der Waals surface area contributed by atoms with E-state index in [1.54, 1.807) is 18.0 Å². The predicted molar refractivity (Wildman–Crippen MR) is 121 cm³/mol. The first kappa shape index (κ1) is 23.6. The number of hydrogen-bond acceptors (Lipinski definition) is 4. The Morgan fingerprint density at radius 3 is 2.41 bits per heavy atom. The maximum atomic E-state index is 13.5. The highest BCUT2D eigenvalue weighted by atomic mass is 19.3. The van der Waals surface area contributed by atoms with Gasteiger partial charge in [-0.05, 0) is 42.0 Å². The number of benzene rings is 1. The molecule has 1 aromatic carbocycles. The predicted octanol–water partition coefficient (Wildman–Crippen LogP) is 5.12. The molecule has 1 aliphatic carbocycles. The number of anilines is 1. The van der Waals surface area contributed by atoms with Crippen molar-refractivity contribution in [1.29, 1.82) is 5.26 Å². The van der Waals surface area contributed by atoms with E-state index in [0.29, 0.717) is 11.1 Å². The van der Waals surface area contributed by atoms with Crippen LogP contribution in [0.15, 0.2) is 42.7 Å². The first-order valence-electron chi connectivity index (χ1n) is 10.9. The van der Waals surface area contributed by atoms with Crippen LogP contribution in [0.1, 0.15) is 69.2 Å². The number of pyridine rings is 1. The highest BCUT2D eigenvalue weighted by Gasteiger charge is 2.37. The number of likely N-dealkylation sites (N-methyl/N-ethyl adjacent to an activating group) is 1. The van der Waals surface area contributed by atoms with Crippen molar-refractivity contribution in [3.8, 4) is 6.07 Å². The second-order valence-electron chi connectivity index (χ2n) is 9.52. The molecule has 1 atom stereocenters. The van der Waals surface area contributed by atoms with Crippen molar-refractivity contribution in [1.82, 2.24) is 10.3 Å². The normalized spacial score (nSPS) is 17.3. The lowest BCUT2D eigenvalue weighted by Gasteiger charge is -2.34. The van der Waals surface area contributed by atoms with Gasteiger partial charge in [-0.25, -0.2) is 8.78 Å². The Kier molecular flexibility index (Phi) is 6.82. The SMILES string of the molecule is CN(c1ccc(C(C)(C)C)cc1)C(C(=O)NC1CCC(F)(F)CC1)c1cnccc1C#N. The molecule has 1 aliphatic rings. The molecule has 3 rings (SSSR count). The van der Waals surface area contributed by atoms with Gasteiger partial charge in [-0.3, -0.25) is 9.78 Å². The smallest absolute Gasteiger partial charge is 0.248 e. The summed E-state index contributed by atoms with van der Waals surface area (Å²) < 4.78 is 27.1. The molecule has 0 saturated heterocycles. The van der Waals surface area contributed by atoms with Gasteiger partial charge >= 0.3 is 0 Å². The molecule has 0 aliphatic heterocycles. The summed E-state index contributed by atoms with van der Waals surface area (Å²) in [6.07, 6.45) is 3.03. The van der Waals surface area contributed by atoms with Gasteiger partial charge in [0.25, 0.3) is 0 Å². The molecule has 7 heteroatoms. The molecule has 1 N–H and O–H groups in total. The molecule has 1 amide bonds. The minimum Gasteiger partial charge on any atom is -0.359 e. The van der Waals surface area contributed by atoms with Crippen molar-refractivity contribution < 1.29 is 13.6 Å². The fourth-order valence-corrected chi connectivity index (χ4v) is 4.06. The molecule has 1 unspecified atom stereocenters. The second-order valence-corrected chi connectivity index (χ2v) is 9.52. The van der Waals surface area contributed by atoms with Gasteiger partial charge in [-0.15, -0.1) is 0 Å². The summed E-state index contributed by atoms with van der Waals surface area (Å²) in [6, 6.07) is 10.5. The molecular weight excluding hydrogens is 410 g/mol. The van der Waals surface area contributed by atoms with Gasteiger partial charge in [0.2, 0.25) is 11.8 Å². The Bertz CT molecular complexity index is 982. The number of rotatable bonds is 5. The average Bonchev–Trinajstić information content (AvgIpc) is 2.75. The quantitative estimate of drug-likeness (QED) is 0.700. The summed E-state index contributed by atoms with van der Waals surface area (Å²) in [5.41, 5.74) is 2.80. The molecule has 0 bridgehead atoms. The maximum Gasteiger partial charge on any atom is 0.248 e. The average molecular weight is 441 g/mol. The van der Waals surface area contributed by atoms with Gasteiger partial charge in [0.05, 0.1) is 11.6 Å². The van der Waals surface area contributed by atoms with Crippen molar-refractivity contribution in [2.24, 2.45) is 0 Å². The highest BCUT2D eigenvalue weighted by molar-refractivity contribution is 5.87. The van der Waals surface area contributed by atoms with E-state index < -0.39 is 12.0 Å². The fourth-order valence-electron chi connectivity index (χ4n) is 4.06. The lowest BCUT2D eigenvalue weighted by Crippen LogP contribution is -2.46. The molecule has 1 heterocycles. The lowest BCUT2D eigenvalue weighted by molar-refractivity contribution is -0.124. The largest absolute Gasteiger partial charge is 0.359 e. The van der Waals surface area contributed by atoms with Crippen LogP contribution in [-0.4, -0.2) is 29.9 Å². The van der Waals surface area contributed by atoms with Crippen LogP contribution in [0.5, 0.6) is 0 Å². The van der Waals surface area contributed by atoms with E-state index in [-0.39, 0.29) is 43.0 Å². The van der Waals surface area contributed by atoms with Gasteiger partial charge < -0.3 is 10.2 Å². The van der Waals surface area contributed by atoms with Gasteiger partial charge in [-0.1, -0.05) is 32.9 Å². The number of aromatic nitrogens is 1. The van der Waals surface area contributed by atoms with E-state index in [0.717, 1.165) is 11.3 Å². The summed E-state index contributed by atoms with van der Waals surface area (Å²) in [7, 11) is 1.79. The molecule has 1 fully saturated rings. The first-order valence-corrected chi connectivity index (χ1v) is 10.9. The van der Waals surface area contributed by atoms with Crippen LogP contribution in [0.25, 0.3) is 0 Å². The van der Waals surface area contributed by atoms with E-state index >= 15 is 0 Å². The number of carbonyl (C=O) groups is 1. The Labute approximate surface area is 188 Å². The van der Waals surface area contributed by atoms with Crippen molar-refractivity contribution in [3.05, 3.63) is 59.4 Å². The number of halogens is 2. The number of amides is 1. The summed E-state index contributed by atoms with van der Waals surface area (Å²) in [5, 5.41) is 12.5. The topological polar surface area (TPSA) is 69.0 Å². The van der Waals surface area contributed by atoms with Crippen molar-refractivity contribution >= 4 is 11.6 Å². The molecule has 170 valence electrons. The molecule has 0 spiro atoms. The summed E-state index contributed by atoms with van der Waals surface area (Å²) >= 11 is 0. The number of carbonyl (C=O) groups excluding carboxylic acids is 1. The molecule has 32 heavy (non-hydrogen) atoms. The van der Waals surface area contributed by atoms with E-state index in [2.05, 4.69) is 37.1 Å². The first-order chi connectivity index (χ1) is 15.0.